The molecule has 10 heteroatoms. The Morgan fingerprint density at radius 2 is 2.03 bits per heavy atom. The molecule has 2 aromatic heterocycles. The molecule has 0 aromatic carbocycles. The number of carbonyl (C=O) groups is 1. The summed E-state index contributed by atoms with van der Waals surface area (Å²) >= 11 is 0. The molecule has 3 heterocycles. The van der Waals surface area contributed by atoms with Gasteiger partial charge in [-0.1, -0.05) is 0 Å². The van der Waals surface area contributed by atoms with Crippen molar-refractivity contribution in [3.05, 3.63) is 29.7 Å². The van der Waals surface area contributed by atoms with E-state index in [1.807, 2.05) is 0 Å². The van der Waals surface area contributed by atoms with Crippen LogP contribution in [0.3, 0.4) is 0 Å². The summed E-state index contributed by atoms with van der Waals surface area (Å²) in [5, 5.41) is 6.80. The molecule has 2 aliphatic rings. The minimum atomic E-state index is -2.97. The summed E-state index contributed by atoms with van der Waals surface area (Å²) in [6.07, 6.45) is 2.33. The summed E-state index contributed by atoms with van der Waals surface area (Å²) in [5.74, 6) is -6.62. The lowest BCUT2D eigenvalue weighted by atomic mass is 9.81. The first-order valence-electron chi connectivity index (χ1n) is 10.2. The van der Waals surface area contributed by atoms with Crippen molar-refractivity contribution in [2.24, 2.45) is 17.6 Å². The molecule has 2 aromatic rings. The molecule has 3 N–H and O–H groups in total. The third-order valence-electron chi connectivity index (χ3n) is 6.28. The first-order valence-corrected chi connectivity index (χ1v) is 10.2. The van der Waals surface area contributed by atoms with E-state index in [0.717, 1.165) is 6.92 Å². The van der Waals surface area contributed by atoms with Gasteiger partial charge in [-0.15, -0.1) is 0 Å². The number of carbonyl (C=O) groups excluding carboxylic acids is 1. The van der Waals surface area contributed by atoms with Gasteiger partial charge in [-0.25, -0.2) is 27.1 Å². The lowest BCUT2D eigenvalue weighted by Crippen LogP contribution is -2.39. The monoisotopic (exact) mass is 427 g/mol. The molecule has 164 valence electrons. The lowest BCUT2D eigenvalue weighted by Gasteiger charge is -2.31. The van der Waals surface area contributed by atoms with Crippen LogP contribution in [0.25, 0.3) is 5.65 Å². The summed E-state index contributed by atoms with van der Waals surface area (Å²) in [6, 6.07) is 1.81. The number of hydrogen-bond acceptors (Lipinski definition) is 4. The van der Waals surface area contributed by atoms with Crippen LogP contribution < -0.4 is 11.1 Å². The molecule has 4 rings (SSSR count). The normalized spacial score (nSPS) is 26.1. The van der Waals surface area contributed by atoms with Gasteiger partial charge in [0.15, 0.2) is 5.65 Å². The van der Waals surface area contributed by atoms with Crippen molar-refractivity contribution >= 4 is 11.6 Å². The molecule has 1 saturated carbocycles. The number of nitrogens with two attached hydrogens (primary N) is 1. The van der Waals surface area contributed by atoms with Gasteiger partial charge < -0.3 is 11.1 Å². The van der Waals surface area contributed by atoms with E-state index in [1.54, 1.807) is 22.8 Å². The summed E-state index contributed by atoms with van der Waals surface area (Å²) in [6.45, 7) is 0.800. The van der Waals surface area contributed by atoms with Crippen LogP contribution in [0.15, 0.2) is 18.3 Å². The van der Waals surface area contributed by atoms with Crippen molar-refractivity contribution in [3.63, 3.8) is 0 Å². The van der Waals surface area contributed by atoms with Crippen LogP contribution in [0.4, 0.5) is 17.6 Å². The first kappa shape index (κ1) is 21.0. The van der Waals surface area contributed by atoms with Gasteiger partial charge in [0.1, 0.15) is 0 Å². The second-order valence-corrected chi connectivity index (χ2v) is 8.67. The zero-order chi connectivity index (χ0) is 21.7. The number of aromatic nitrogens is 3. The first-order chi connectivity index (χ1) is 14.0. The highest BCUT2D eigenvalue weighted by Gasteiger charge is 2.44. The highest BCUT2D eigenvalue weighted by atomic mass is 19.3. The molecule has 1 amide bonds. The Morgan fingerprint density at radius 3 is 2.67 bits per heavy atom. The van der Waals surface area contributed by atoms with E-state index < -0.39 is 35.8 Å². The van der Waals surface area contributed by atoms with Crippen LogP contribution in [0.2, 0.25) is 0 Å². The Hall–Kier alpha value is -2.23. The van der Waals surface area contributed by atoms with Crippen LogP contribution in [0.5, 0.6) is 0 Å². The SMILES string of the molecule is CC(F)(F)C1CC(Cc2ccc3nc([C@@H](N)C4CCC(F)(F)CC4)cn3n2)C(=O)N1. The quantitative estimate of drug-likeness (QED) is 0.718. The Balaban J connectivity index is 1.46. The van der Waals surface area contributed by atoms with Gasteiger partial charge in [-0.2, -0.15) is 5.10 Å². The van der Waals surface area contributed by atoms with E-state index in [1.165, 1.54) is 0 Å². The molecule has 0 radical (unpaired) electrons. The molecule has 0 bridgehead atoms. The molecular formula is C20H25F4N5O. The molecule has 2 fully saturated rings. The predicted molar refractivity (Wildman–Crippen MR) is 101 cm³/mol. The number of amides is 1. The van der Waals surface area contributed by atoms with Crippen molar-refractivity contribution in [2.75, 3.05) is 0 Å². The fourth-order valence-corrected chi connectivity index (χ4v) is 4.37. The number of alkyl halides is 4. The maximum absolute atomic E-state index is 13.5. The number of imidazole rings is 1. The summed E-state index contributed by atoms with van der Waals surface area (Å²) in [5.41, 5.74) is 8.01. The average Bonchev–Trinajstić information content (AvgIpc) is 3.24. The zero-order valence-corrected chi connectivity index (χ0v) is 16.6. The second kappa shape index (κ2) is 7.47. The number of fused-ring (bicyclic) bond motifs is 1. The number of nitrogens with zero attached hydrogens (tertiary/aromatic N) is 3. The van der Waals surface area contributed by atoms with E-state index in [-0.39, 0.29) is 31.6 Å². The highest BCUT2D eigenvalue weighted by Crippen LogP contribution is 2.40. The van der Waals surface area contributed by atoms with Crippen molar-refractivity contribution < 1.29 is 22.4 Å². The molecule has 2 unspecified atom stereocenters. The zero-order valence-electron chi connectivity index (χ0n) is 16.6. The molecule has 0 spiro atoms. The largest absolute Gasteiger partial charge is 0.347 e. The van der Waals surface area contributed by atoms with Gasteiger partial charge in [-0.3, -0.25) is 4.79 Å². The standard InChI is InChI=1S/C20H25F4N5O/c1-19(21,22)15-9-12(18(30)27-15)8-13-2-3-16-26-14(10-29(16)28-13)17(25)11-4-6-20(23,24)7-5-11/h2-3,10-12,15,17H,4-9,25H2,1H3,(H,27,30)/t12?,15?,17-/m0/s1. The third-order valence-corrected chi connectivity index (χ3v) is 6.28. The Bertz CT molecular complexity index is 931. The van der Waals surface area contributed by atoms with Gasteiger partial charge in [0.05, 0.1) is 29.7 Å². The number of halogens is 4. The van der Waals surface area contributed by atoms with Gasteiger partial charge in [0, 0.05) is 32.1 Å². The topological polar surface area (TPSA) is 85.3 Å². The maximum atomic E-state index is 13.5. The van der Waals surface area contributed by atoms with E-state index in [2.05, 4.69) is 15.4 Å². The minimum Gasteiger partial charge on any atom is -0.347 e. The van der Waals surface area contributed by atoms with Gasteiger partial charge in [0.25, 0.3) is 5.92 Å². The maximum Gasteiger partial charge on any atom is 0.265 e. The number of nitrogens with one attached hydrogen (secondary N) is 1. The Kier molecular flexibility index (Phi) is 5.24. The summed E-state index contributed by atoms with van der Waals surface area (Å²) < 4.78 is 55.3. The van der Waals surface area contributed by atoms with Crippen molar-refractivity contribution in [3.8, 4) is 0 Å². The molecule has 3 atom stereocenters. The van der Waals surface area contributed by atoms with E-state index in [0.29, 0.717) is 29.9 Å². The van der Waals surface area contributed by atoms with E-state index >= 15 is 0 Å². The number of hydrogen-bond donors (Lipinski definition) is 2. The lowest BCUT2D eigenvalue weighted by molar-refractivity contribution is -0.123. The summed E-state index contributed by atoms with van der Waals surface area (Å²) in [4.78, 5) is 16.5. The van der Waals surface area contributed by atoms with Crippen LogP contribution in [0, 0.1) is 11.8 Å². The second-order valence-electron chi connectivity index (χ2n) is 8.67. The van der Waals surface area contributed by atoms with Crippen LogP contribution in [-0.2, 0) is 11.2 Å². The average molecular weight is 427 g/mol. The van der Waals surface area contributed by atoms with E-state index in [9.17, 15) is 22.4 Å². The Labute approximate surface area is 171 Å². The fraction of sp³-hybridized carbons (Fsp3) is 0.650. The molecule has 1 aliphatic carbocycles. The Morgan fingerprint density at radius 1 is 1.33 bits per heavy atom. The molecule has 1 aliphatic heterocycles. The highest BCUT2D eigenvalue weighted by molar-refractivity contribution is 5.81. The summed E-state index contributed by atoms with van der Waals surface area (Å²) in [7, 11) is 0. The predicted octanol–water partition coefficient (Wildman–Crippen LogP) is 3.26. The van der Waals surface area contributed by atoms with Gasteiger partial charge >= 0.3 is 0 Å². The smallest absolute Gasteiger partial charge is 0.265 e. The van der Waals surface area contributed by atoms with Crippen molar-refractivity contribution in [1.82, 2.24) is 19.9 Å². The van der Waals surface area contributed by atoms with Gasteiger partial charge in [0.2, 0.25) is 11.8 Å². The van der Waals surface area contributed by atoms with Crippen LogP contribution >= 0.6 is 0 Å². The number of rotatable bonds is 5. The minimum absolute atomic E-state index is 0.0500. The van der Waals surface area contributed by atoms with Crippen LogP contribution in [0.1, 0.15) is 56.5 Å². The third kappa shape index (κ3) is 4.28. The fourth-order valence-electron chi connectivity index (χ4n) is 4.37. The molecular weight excluding hydrogens is 402 g/mol. The van der Waals surface area contributed by atoms with Crippen molar-refractivity contribution in [2.45, 2.75) is 69.4 Å². The molecule has 1 saturated heterocycles. The molecule has 6 nitrogen and oxygen atoms in total. The molecule has 30 heavy (non-hydrogen) atoms. The van der Waals surface area contributed by atoms with Gasteiger partial charge in [-0.05, 0) is 37.3 Å². The van der Waals surface area contributed by atoms with Crippen LogP contribution in [-0.4, -0.2) is 38.4 Å². The van der Waals surface area contributed by atoms with E-state index in [4.69, 9.17) is 5.73 Å². The van der Waals surface area contributed by atoms with Crippen molar-refractivity contribution in [1.29, 1.82) is 0 Å².